The molecular formula is C23H20N6O2S. The molecule has 1 amide bonds. The highest BCUT2D eigenvalue weighted by Crippen LogP contribution is 2.24. The zero-order valence-electron chi connectivity index (χ0n) is 17.3. The molecule has 2 aromatic carbocycles. The van der Waals surface area contributed by atoms with Crippen molar-refractivity contribution in [2.45, 2.75) is 11.7 Å². The molecule has 0 radical (unpaired) electrons. The molecule has 0 aliphatic heterocycles. The number of carbonyl (C=O) groups is 1. The van der Waals surface area contributed by atoms with E-state index in [1.807, 2.05) is 77.5 Å². The van der Waals surface area contributed by atoms with Crippen molar-refractivity contribution in [2.24, 2.45) is 0 Å². The normalized spacial score (nSPS) is 11.2. The molecule has 160 valence electrons. The topological polar surface area (TPSA) is 85.8 Å². The second kappa shape index (κ2) is 8.72. The first-order valence-corrected chi connectivity index (χ1v) is 11.0. The van der Waals surface area contributed by atoms with E-state index in [1.165, 1.54) is 11.8 Å². The summed E-state index contributed by atoms with van der Waals surface area (Å²) in [4.78, 5) is 12.3. The van der Waals surface area contributed by atoms with Gasteiger partial charge in [0.2, 0.25) is 5.91 Å². The number of carbonyl (C=O) groups excluding carboxylic acids is 1. The molecule has 0 fully saturated rings. The van der Waals surface area contributed by atoms with Crippen LogP contribution in [-0.4, -0.2) is 43.0 Å². The van der Waals surface area contributed by atoms with Gasteiger partial charge in [-0.3, -0.25) is 9.20 Å². The highest BCUT2D eigenvalue weighted by Gasteiger charge is 2.14. The first-order chi connectivity index (χ1) is 15.7. The SMILES string of the molecule is COc1ccc(CNC(=O)CSc2nnc3c4cc(-c5ccccc5)nn4ccn23)cc1. The van der Waals surface area contributed by atoms with E-state index in [1.54, 1.807) is 11.6 Å². The summed E-state index contributed by atoms with van der Waals surface area (Å²) >= 11 is 1.35. The van der Waals surface area contributed by atoms with Crippen LogP contribution >= 0.6 is 11.8 Å². The lowest BCUT2D eigenvalue weighted by molar-refractivity contribution is -0.118. The molecule has 1 N–H and O–H groups in total. The Hall–Kier alpha value is -3.85. The Bertz CT molecular complexity index is 1380. The van der Waals surface area contributed by atoms with Crippen molar-refractivity contribution in [3.63, 3.8) is 0 Å². The largest absolute Gasteiger partial charge is 0.497 e. The average Bonchev–Trinajstić information content (AvgIpc) is 3.46. The lowest BCUT2D eigenvalue weighted by atomic mass is 10.1. The maximum absolute atomic E-state index is 12.3. The molecule has 0 aliphatic rings. The Morgan fingerprint density at radius 3 is 2.66 bits per heavy atom. The fourth-order valence-corrected chi connectivity index (χ4v) is 4.11. The van der Waals surface area contributed by atoms with Crippen LogP contribution in [0.3, 0.4) is 0 Å². The number of benzene rings is 2. The van der Waals surface area contributed by atoms with Gasteiger partial charge in [0.25, 0.3) is 0 Å². The molecule has 0 unspecified atom stereocenters. The van der Waals surface area contributed by atoms with Crippen LogP contribution in [0.4, 0.5) is 0 Å². The molecule has 0 atom stereocenters. The van der Waals surface area contributed by atoms with E-state index in [9.17, 15) is 4.79 Å². The molecule has 0 aliphatic carbocycles. The van der Waals surface area contributed by atoms with Gasteiger partial charge in [0, 0.05) is 24.5 Å². The van der Waals surface area contributed by atoms with Crippen molar-refractivity contribution in [1.82, 2.24) is 29.5 Å². The number of fused-ring (bicyclic) bond motifs is 3. The van der Waals surface area contributed by atoms with Crippen LogP contribution in [0.5, 0.6) is 5.75 Å². The molecular weight excluding hydrogens is 424 g/mol. The molecule has 5 rings (SSSR count). The molecule has 8 nitrogen and oxygen atoms in total. The summed E-state index contributed by atoms with van der Waals surface area (Å²) in [5.74, 6) is 0.966. The van der Waals surface area contributed by atoms with Crippen molar-refractivity contribution in [3.05, 3.63) is 78.6 Å². The summed E-state index contributed by atoms with van der Waals surface area (Å²) in [6.45, 7) is 0.461. The van der Waals surface area contributed by atoms with Gasteiger partial charge in [-0.1, -0.05) is 54.2 Å². The smallest absolute Gasteiger partial charge is 0.230 e. The number of thioether (sulfide) groups is 1. The zero-order valence-corrected chi connectivity index (χ0v) is 18.1. The van der Waals surface area contributed by atoms with E-state index in [0.29, 0.717) is 17.3 Å². The Morgan fingerprint density at radius 2 is 1.88 bits per heavy atom. The Labute approximate surface area is 188 Å². The Balaban J connectivity index is 1.27. The second-order valence-corrected chi connectivity index (χ2v) is 8.06. The number of ether oxygens (including phenoxy) is 1. The van der Waals surface area contributed by atoms with Crippen LogP contribution in [-0.2, 0) is 11.3 Å². The van der Waals surface area contributed by atoms with Crippen molar-refractivity contribution < 1.29 is 9.53 Å². The summed E-state index contributed by atoms with van der Waals surface area (Å²) in [6.07, 6.45) is 3.73. The summed E-state index contributed by atoms with van der Waals surface area (Å²) in [5.41, 5.74) is 4.47. The molecule has 3 heterocycles. The van der Waals surface area contributed by atoms with E-state index < -0.39 is 0 Å². The van der Waals surface area contributed by atoms with Gasteiger partial charge in [0.1, 0.15) is 11.3 Å². The molecule has 9 heteroatoms. The number of nitrogens with zero attached hydrogens (tertiary/aromatic N) is 5. The van der Waals surface area contributed by atoms with E-state index in [0.717, 1.165) is 28.1 Å². The average molecular weight is 445 g/mol. The van der Waals surface area contributed by atoms with Gasteiger partial charge in [0.15, 0.2) is 10.8 Å². The highest BCUT2D eigenvalue weighted by atomic mass is 32.2. The van der Waals surface area contributed by atoms with Gasteiger partial charge in [-0.2, -0.15) is 5.10 Å². The van der Waals surface area contributed by atoms with Crippen LogP contribution in [0.25, 0.3) is 22.4 Å². The minimum Gasteiger partial charge on any atom is -0.497 e. The fourth-order valence-electron chi connectivity index (χ4n) is 3.36. The van der Waals surface area contributed by atoms with Gasteiger partial charge in [0.05, 0.1) is 18.6 Å². The van der Waals surface area contributed by atoms with Crippen LogP contribution < -0.4 is 10.1 Å². The summed E-state index contributed by atoms with van der Waals surface area (Å²) in [6, 6.07) is 19.6. The Kier molecular flexibility index (Phi) is 5.47. The molecule has 32 heavy (non-hydrogen) atoms. The van der Waals surface area contributed by atoms with E-state index in [2.05, 4.69) is 20.6 Å². The fraction of sp³-hybridized carbons (Fsp3) is 0.130. The third-order valence-electron chi connectivity index (χ3n) is 5.04. The van der Waals surface area contributed by atoms with Crippen molar-refractivity contribution >= 4 is 28.8 Å². The van der Waals surface area contributed by atoms with Gasteiger partial charge < -0.3 is 10.1 Å². The minimum atomic E-state index is -0.0700. The third kappa shape index (κ3) is 4.02. The van der Waals surface area contributed by atoms with Gasteiger partial charge >= 0.3 is 0 Å². The van der Waals surface area contributed by atoms with Crippen molar-refractivity contribution in [1.29, 1.82) is 0 Å². The number of methoxy groups -OCH3 is 1. The van der Waals surface area contributed by atoms with Crippen LogP contribution in [0.1, 0.15) is 5.56 Å². The van der Waals surface area contributed by atoms with E-state index in [4.69, 9.17) is 4.74 Å². The summed E-state index contributed by atoms with van der Waals surface area (Å²) in [7, 11) is 1.63. The molecule has 0 saturated heterocycles. The maximum Gasteiger partial charge on any atom is 0.230 e. The lowest BCUT2D eigenvalue weighted by Crippen LogP contribution is -2.24. The van der Waals surface area contributed by atoms with Gasteiger partial charge in [-0.15, -0.1) is 10.2 Å². The first kappa shape index (κ1) is 20.1. The number of nitrogens with one attached hydrogen (secondary N) is 1. The highest BCUT2D eigenvalue weighted by molar-refractivity contribution is 7.99. The van der Waals surface area contributed by atoms with Crippen LogP contribution in [0, 0.1) is 0 Å². The molecule has 0 spiro atoms. The number of amides is 1. The molecule has 0 bridgehead atoms. The summed E-state index contributed by atoms with van der Waals surface area (Å²) in [5, 5.41) is 16.8. The number of rotatable bonds is 7. The maximum atomic E-state index is 12.3. The van der Waals surface area contributed by atoms with E-state index >= 15 is 0 Å². The predicted octanol–water partition coefficient (Wildman–Crippen LogP) is 3.46. The summed E-state index contributed by atoms with van der Waals surface area (Å²) < 4.78 is 8.83. The Morgan fingerprint density at radius 1 is 1.06 bits per heavy atom. The quantitative estimate of drug-likeness (QED) is 0.387. The number of aromatic nitrogens is 5. The van der Waals surface area contributed by atoms with Crippen molar-refractivity contribution in [2.75, 3.05) is 12.9 Å². The third-order valence-corrected chi connectivity index (χ3v) is 5.98. The second-order valence-electron chi connectivity index (χ2n) is 7.11. The first-order valence-electron chi connectivity index (χ1n) is 10.0. The van der Waals surface area contributed by atoms with Crippen LogP contribution in [0.15, 0.2) is 78.2 Å². The monoisotopic (exact) mass is 444 g/mol. The molecule has 3 aromatic heterocycles. The van der Waals surface area contributed by atoms with Crippen molar-refractivity contribution in [3.8, 4) is 17.0 Å². The minimum absolute atomic E-state index is 0.0700. The van der Waals surface area contributed by atoms with Gasteiger partial charge in [-0.25, -0.2) is 4.52 Å². The number of hydrogen-bond donors (Lipinski definition) is 1. The number of hydrogen-bond acceptors (Lipinski definition) is 6. The van der Waals surface area contributed by atoms with Crippen LogP contribution in [0.2, 0.25) is 0 Å². The standard InChI is InChI=1S/C23H20N6O2S/c1-31-18-9-7-16(8-10-18)14-24-21(30)15-32-23-26-25-22-20-13-19(17-5-3-2-4-6-17)27-29(20)12-11-28(22)23/h2-13H,14-15H2,1H3,(H,24,30). The lowest BCUT2D eigenvalue weighted by Gasteiger charge is -2.06. The van der Waals surface area contributed by atoms with E-state index in [-0.39, 0.29) is 11.7 Å². The zero-order chi connectivity index (χ0) is 21.9. The molecule has 0 saturated carbocycles. The molecule has 5 aromatic rings. The predicted molar refractivity (Wildman–Crippen MR) is 123 cm³/mol. The van der Waals surface area contributed by atoms with Gasteiger partial charge in [-0.05, 0) is 23.8 Å².